The van der Waals surface area contributed by atoms with E-state index in [-0.39, 0.29) is 45.2 Å². The lowest BCUT2D eigenvalue weighted by molar-refractivity contribution is 0.00578. The Bertz CT molecular complexity index is 320. The minimum Gasteiger partial charge on any atom is -0.451 e. The van der Waals surface area contributed by atoms with Crippen LogP contribution in [0, 0.1) is 5.41 Å². The van der Waals surface area contributed by atoms with Gasteiger partial charge in [0.2, 0.25) is 0 Å². The van der Waals surface area contributed by atoms with Crippen molar-refractivity contribution in [2.75, 3.05) is 13.2 Å². The molecule has 24 heavy (non-hydrogen) atoms. The molecule has 0 saturated carbocycles. The second-order valence-electron chi connectivity index (χ2n) is 8.27. The summed E-state index contributed by atoms with van der Waals surface area (Å²) in [7, 11) is -0.0666. The highest BCUT2D eigenvalue weighted by atomic mass is 16.7. The van der Waals surface area contributed by atoms with E-state index in [4.69, 9.17) is 23.6 Å². The van der Waals surface area contributed by atoms with Crippen LogP contribution in [-0.2, 0) is 18.6 Å². The summed E-state index contributed by atoms with van der Waals surface area (Å²) < 4.78 is 21.6. The van der Waals surface area contributed by atoms with Gasteiger partial charge in [-0.25, -0.2) is 0 Å². The molecule has 0 bridgehead atoms. The van der Waals surface area contributed by atoms with Gasteiger partial charge in [-0.05, 0) is 41.3 Å². The van der Waals surface area contributed by atoms with Gasteiger partial charge in [0, 0.05) is 18.6 Å². The summed E-state index contributed by atoms with van der Waals surface area (Å²) in [5.74, 6) is 0. The van der Waals surface area contributed by atoms with Crippen molar-refractivity contribution in [2.24, 2.45) is 5.41 Å². The molecule has 2 aliphatic rings. The van der Waals surface area contributed by atoms with Crippen molar-refractivity contribution < 1.29 is 23.6 Å². The molecular formula is C16H39B3O5. The maximum Gasteiger partial charge on any atom is 0.454 e. The summed E-state index contributed by atoms with van der Waals surface area (Å²) in [6.45, 7) is 21.2. The molecule has 1 N–H and O–H groups in total. The van der Waals surface area contributed by atoms with Crippen LogP contribution in [0.2, 0.25) is 27.3 Å². The van der Waals surface area contributed by atoms with E-state index in [1.54, 1.807) is 13.6 Å². The Morgan fingerprint density at radius 2 is 1.08 bits per heavy atom. The molecular weight excluding hydrogens is 305 g/mol. The fourth-order valence-corrected chi connectivity index (χ4v) is 1.91. The average molecular weight is 344 g/mol. The van der Waals surface area contributed by atoms with Crippen LogP contribution in [0.4, 0.5) is 0 Å². The van der Waals surface area contributed by atoms with Crippen LogP contribution in [0.15, 0.2) is 0 Å². The number of hydrogen-bond acceptors (Lipinski definition) is 5. The van der Waals surface area contributed by atoms with Gasteiger partial charge in [0.15, 0.2) is 0 Å². The number of hydrogen-bond donors (Lipinski definition) is 1. The molecule has 8 heteroatoms. The van der Waals surface area contributed by atoms with Gasteiger partial charge in [-0.15, -0.1) is 0 Å². The SMILES string of the molecule is C.CB(C)O.CB1OC(C)(C)C(C)(C)O1.CB1OCC(C)(C)CO1. The number of rotatable bonds is 0. The summed E-state index contributed by atoms with van der Waals surface area (Å²) in [4.78, 5) is 0. The Balaban J connectivity index is 0. The average Bonchev–Trinajstić information content (AvgIpc) is 2.50. The molecule has 0 unspecified atom stereocenters. The predicted octanol–water partition coefficient (Wildman–Crippen LogP) is 3.75. The van der Waals surface area contributed by atoms with Crippen LogP contribution < -0.4 is 0 Å². The first-order valence-electron chi connectivity index (χ1n) is 8.45. The van der Waals surface area contributed by atoms with Crippen molar-refractivity contribution in [3.8, 4) is 0 Å². The molecule has 0 radical (unpaired) electrons. The molecule has 142 valence electrons. The zero-order valence-electron chi connectivity index (χ0n) is 16.7. The molecule has 2 fully saturated rings. The van der Waals surface area contributed by atoms with Gasteiger partial charge >= 0.3 is 14.2 Å². The monoisotopic (exact) mass is 344 g/mol. The molecule has 0 spiro atoms. The summed E-state index contributed by atoms with van der Waals surface area (Å²) in [6, 6.07) is 0. The Labute approximate surface area is 151 Å². The third-order valence-corrected chi connectivity index (χ3v) is 3.79. The van der Waals surface area contributed by atoms with Crippen molar-refractivity contribution in [2.45, 2.75) is 87.5 Å². The highest BCUT2D eigenvalue weighted by Gasteiger charge is 2.48. The molecule has 0 aliphatic carbocycles. The summed E-state index contributed by atoms with van der Waals surface area (Å²) in [6.07, 6.45) is 0. The van der Waals surface area contributed by atoms with E-state index in [1.165, 1.54) is 0 Å². The zero-order chi connectivity index (χ0) is 18.5. The molecule has 2 rings (SSSR count). The van der Waals surface area contributed by atoms with E-state index in [9.17, 15) is 0 Å². The smallest absolute Gasteiger partial charge is 0.451 e. The minimum atomic E-state index is -0.167. The first-order chi connectivity index (χ1) is 10.2. The third kappa shape index (κ3) is 10.1. The molecule has 0 aromatic rings. The molecule has 0 amide bonds. The molecule has 2 heterocycles. The highest BCUT2D eigenvalue weighted by molar-refractivity contribution is 6.46. The van der Waals surface area contributed by atoms with Gasteiger partial charge < -0.3 is 23.6 Å². The Hall–Kier alpha value is -0.00519. The van der Waals surface area contributed by atoms with Crippen molar-refractivity contribution >= 4 is 21.2 Å². The second kappa shape index (κ2) is 10.2. The van der Waals surface area contributed by atoms with E-state index in [0.29, 0.717) is 0 Å². The summed E-state index contributed by atoms with van der Waals surface area (Å²) in [5.41, 5.74) is -0.106. The lowest BCUT2D eigenvalue weighted by atomic mass is 9.76. The predicted molar refractivity (Wildman–Crippen MR) is 106 cm³/mol. The molecule has 0 aromatic heterocycles. The van der Waals surface area contributed by atoms with E-state index in [0.717, 1.165) is 13.2 Å². The van der Waals surface area contributed by atoms with Crippen LogP contribution >= 0.6 is 0 Å². The van der Waals surface area contributed by atoms with Crippen LogP contribution in [0.25, 0.3) is 0 Å². The topological polar surface area (TPSA) is 57.2 Å². The van der Waals surface area contributed by atoms with Crippen molar-refractivity contribution in [1.29, 1.82) is 0 Å². The molecule has 5 nitrogen and oxygen atoms in total. The van der Waals surface area contributed by atoms with Gasteiger partial charge in [0.05, 0.1) is 11.2 Å². The molecule has 2 saturated heterocycles. The van der Waals surface area contributed by atoms with Gasteiger partial charge in [0.25, 0.3) is 6.92 Å². The standard InChI is InChI=1S/C7H15BO2.C6H13BO2.C2H7BO.CH4/c1-6(2)7(3,4)10-8(5)9-6;1-6(2)4-8-7(3)9-5-6;1-3(2)4;/h1-5H3;4-5H2,1-3H3;4H,1-2H3;1H4. The van der Waals surface area contributed by atoms with E-state index in [1.807, 2.05) is 13.6 Å². The first-order valence-corrected chi connectivity index (χ1v) is 8.45. The fourth-order valence-electron chi connectivity index (χ4n) is 1.91. The normalized spacial score (nSPS) is 23.1. The Morgan fingerprint density at radius 3 is 1.25 bits per heavy atom. The van der Waals surface area contributed by atoms with Gasteiger partial charge in [-0.1, -0.05) is 34.9 Å². The summed E-state index contributed by atoms with van der Waals surface area (Å²) in [5, 5.41) is 8.06. The van der Waals surface area contributed by atoms with Crippen LogP contribution in [0.3, 0.4) is 0 Å². The first kappa shape index (κ1) is 26.2. The Morgan fingerprint density at radius 1 is 0.792 bits per heavy atom. The van der Waals surface area contributed by atoms with E-state index < -0.39 is 0 Å². The quantitative estimate of drug-likeness (QED) is 0.679. The Kier molecular flexibility index (Phi) is 11.2. The van der Waals surface area contributed by atoms with Crippen molar-refractivity contribution in [1.82, 2.24) is 0 Å². The lowest BCUT2D eigenvalue weighted by Crippen LogP contribution is -2.41. The largest absolute Gasteiger partial charge is 0.454 e. The lowest BCUT2D eigenvalue weighted by Gasteiger charge is -2.32. The van der Waals surface area contributed by atoms with Gasteiger partial charge in [0.1, 0.15) is 0 Å². The minimum absolute atomic E-state index is 0. The van der Waals surface area contributed by atoms with Crippen LogP contribution in [0.1, 0.15) is 49.0 Å². The van der Waals surface area contributed by atoms with Crippen molar-refractivity contribution in [3.05, 3.63) is 0 Å². The van der Waals surface area contributed by atoms with Gasteiger partial charge in [-0.2, -0.15) is 0 Å². The molecule has 0 atom stereocenters. The zero-order valence-corrected chi connectivity index (χ0v) is 16.7. The van der Waals surface area contributed by atoms with Gasteiger partial charge in [-0.3, -0.25) is 0 Å². The molecule has 0 aromatic carbocycles. The van der Waals surface area contributed by atoms with E-state index >= 15 is 0 Å². The van der Waals surface area contributed by atoms with Crippen molar-refractivity contribution in [3.63, 3.8) is 0 Å². The van der Waals surface area contributed by atoms with Crippen LogP contribution in [0.5, 0.6) is 0 Å². The molecule has 2 aliphatic heterocycles. The maximum atomic E-state index is 8.06. The third-order valence-electron chi connectivity index (χ3n) is 3.79. The van der Waals surface area contributed by atoms with Crippen LogP contribution in [-0.4, -0.2) is 50.6 Å². The highest BCUT2D eigenvalue weighted by Crippen LogP contribution is 2.36. The van der Waals surface area contributed by atoms with E-state index in [2.05, 4.69) is 41.5 Å². The summed E-state index contributed by atoms with van der Waals surface area (Å²) >= 11 is 0. The fraction of sp³-hybridized carbons (Fsp3) is 1.00. The maximum absolute atomic E-state index is 8.06. The second-order valence-corrected chi connectivity index (χ2v) is 8.27.